The van der Waals surface area contributed by atoms with E-state index in [9.17, 15) is 9.59 Å². The molecule has 0 radical (unpaired) electrons. The highest BCUT2D eigenvalue weighted by Crippen LogP contribution is 2.24. The minimum Gasteiger partial charge on any atom is -0.484 e. The van der Waals surface area contributed by atoms with Crippen molar-refractivity contribution in [1.29, 1.82) is 0 Å². The molecule has 168 valence electrons. The van der Waals surface area contributed by atoms with Crippen molar-refractivity contribution in [2.75, 3.05) is 6.61 Å². The molecule has 5 nitrogen and oxygen atoms in total. The topological polar surface area (TPSA) is 58.6 Å². The molecular formula is C24H30Cl2N2O3. The van der Waals surface area contributed by atoms with E-state index in [0.29, 0.717) is 27.8 Å². The van der Waals surface area contributed by atoms with Crippen molar-refractivity contribution in [3.63, 3.8) is 0 Å². The SMILES string of the molecule is CC[C@H](C(=O)N[C@@H](C)CC)N(Cc1ccc(Cl)cc1Cl)C(=O)COc1ccc(C)cc1. The number of carbonyl (C=O) groups excluding carboxylic acids is 2. The molecule has 0 spiro atoms. The fourth-order valence-electron chi connectivity index (χ4n) is 3.06. The maximum absolute atomic E-state index is 13.2. The average molecular weight is 465 g/mol. The summed E-state index contributed by atoms with van der Waals surface area (Å²) < 4.78 is 5.69. The summed E-state index contributed by atoms with van der Waals surface area (Å²) in [6.07, 6.45) is 1.26. The zero-order valence-corrected chi connectivity index (χ0v) is 20.0. The molecule has 0 aliphatic carbocycles. The zero-order chi connectivity index (χ0) is 23.0. The molecule has 0 fully saturated rings. The Kier molecular flexibility index (Phi) is 9.66. The lowest BCUT2D eigenvalue weighted by molar-refractivity contribution is -0.143. The molecular weight excluding hydrogens is 435 g/mol. The third kappa shape index (κ3) is 7.44. The molecule has 0 aliphatic heterocycles. The molecule has 7 heteroatoms. The van der Waals surface area contributed by atoms with Crippen molar-refractivity contribution in [2.45, 2.75) is 59.2 Å². The van der Waals surface area contributed by atoms with Gasteiger partial charge in [0, 0.05) is 22.6 Å². The monoisotopic (exact) mass is 464 g/mol. The van der Waals surface area contributed by atoms with Gasteiger partial charge in [-0.3, -0.25) is 9.59 Å². The van der Waals surface area contributed by atoms with Crippen LogP contribution in [0, 0.1) is 6.92 Å². The van der Waals surface area contributed by atoms with E-state index in [4.69, 9.17) is 27.9 Å². The number of rotatable bonds is 10. The molecule has 0 saturated carbocycles. The summed E-state index contributed by atoms with van der Waals surface area (Å²) in [6.45, 7) is 7.80. The molecule has 1 N–H and O–H groups in total. The van der Waals surface area contributed by atoms with Crippen LogP contribution in [-0.2, 0) is 16.1 Å². The van der Waals surface area contributed by atoms with Crippen molar-refractivity contribution >= 4 is 35.0 Å². The van der Waals surface area contributed by atoms with Gasteiger partial charge < -0.3 is 15.0 Å². The van der Waals surface area contributed by atoms with Crippen LogP contribution in [0.5, 0.6) is 5.75 Å². The maximum Gasteiger partial charge on any atom is 0.261 e. The molecule has 0 heterocycles. The number of amides is 2. The number of hydrogen-bond acceptors (Lipinski definition) is 3. The molecule has 2 rings (SSSR count). The summed E-state index contributed by atoms with van der Waals surface area (Å²) in [7, 11) is 0. The number of aryl methyl sites for hydroxylation is 1. The summed E-state index contributed by atoms with van der Waals surface area (Å²) in [5.74, 6) is 0.115. The number of benzene rings is 2. The smallest absolute Gasteiger partial charge is 0.261 e. The molecule has 2 aromatic rings. The Morgan fingerprint density at radius 3 is 2.32 bits per heavy atom. The Hall–Kier alpha value is -2.24. The predicted octanol–water partition coefficient (Wildman–Crippen LogP) is 5.40. The highest BCUT2D eigenvalue weighted by Gasteiger charge is 2.30. The number of ether oxygens (including phenoxy) is 1. The Bertz CT molecular complexity index is 887. The van der Waals surface area contributed by atoms with Crippen molar-refractivity contribution in [3.05, 3.63) is 63.6 Å². The second-order valence-corrected chi connectivity index (χ2v) is 8.44. The van der Waals surface area contributed by atoms with E-state index in [-0.39, 0.29) is 31.0 Å². The van der Waals surface area contributed by atoms with Crippen LogP contribution in [0.2, 0.25) is 10.0 Å². The lowest BCUT2D eigenvalue weighted by Gasteiger charge is -2.31. The normalized spacial score (nSPS) is 12.7. The summed E-state index contributed by atoms with van der Waals surface area (Å²) in [4.78, 5) is 27.6. The highest BCUT2D eigenvalue weighted by atomic mass is 35.5. The van der Waals surface area contributed by atoms with Gasteiger partial charge in [0.2, 0.25) is 5.91 Å². The van der Waals surface area contributed by atoms with E-state index in [0.717, 1.165) is 12.0 Å². The summed E-state index contributed by atoms with van der Waals surface area (Å²) in [5.41, 5.74) is 1.81. The molecule has 2 aromatic carbocycles. The van der Waals surface area contributed by atoms with Gasteiger partial charge in [-0.2, -0.15) is 0 Å². The molecule has 0 aliphatic rings. The fraction of sp³-hybridized carbons (Fsp3) is 0.417. The van der Waals surface area contributed by atoms with Gasteiger partial charge >= 0.3 is 0 Å². The molecule has 31 heavy (non-hydrogen) atoms. The standard InChI is InChI=1S/C24H30Cl2N2O3/c1-5-17(4)27-24(30)22(6-2)28(14-18-9-10-19(25)13-21(18)26)23(29)15-31-20-11-7-16(3)8-12-20/h7-13,17,22H,5-6,14-15H2,1-4H3,(H,27,30)/t17-,22+/m0/s1. The lowest BCUT2D eigenvalue weighted by Crippen LogP contribution is -2.51. The van der Waals surface area contributed by atoms with Crippen LogP contribution in [-0.4, -0.2) is 35.4 Å². The number of nitrogens with zero attached hydrogens (tertiary/aromatic N) is 1. The van der Waals surface area contributed by atoms with Gasteiger partial charge in [-0.25, -0.2) is 0 Å². The lowest BCUT2D eigenvalue weighted by atomic mass is 10.1. The van der Waals surface area contributed by atoms with Crippen molar-refractivity contribution in [3.8, 4) is 5.75 Å². The number of nitrogens with one attached hydrogen (secondary N) is 1. The Morgan fingerprint density at radius 1 is 1.06 bits per heavy atom. The van der Waals surface area contributed by atoms with E-state index >= 15 is 0 Å². The van der Waals surface area contributed by atoms with E-state index < -0.39 is 6.04 Å². The fourth-order valence-corrected chi connectivity index (χ4v) is 3.52. The van der Waals surface area contributed by atoms with E-state index in [1.807, 2.05) is 52.0 Å². The second-order valence-electron chi connectivity index (χ2n) is 7.60. The first-order chi connectivity index (χ1) is 14.7. The van der Waals surface area contributed by atoms with Gasteiger partial charge in [0.15, 0.2) is 6.61 Å². The number of carbonyl (C=O) groups is 2. The quantitative estimate of drug-likeness (QED) is 0.511. The van der Waals surface area contributed by atoms with Crippen molar-refractivity contribution in [1.82, 2.24) is 10.2 Å². The Morgan fingerprint density at radius 2 is 1.74 bits per heavy atom. The first-order valence-corrected chi connectivity index (χ1v) is 11.2. The largest absolute Gasteiger partial charge is 0.484 e. The third-order valence-corrected chi connectivity index (χ3v) is 5.71. The average Bonchev–Trinajstić information content (AvgIpc) is 2.74. The summed E-state index contributed by atoms with van der Waals surface area (Å²) in [5, 5.41) is 3.93. The van der Waals surface area contributed by atoms with Crippen LogP contribution in [0.1, 0.15) is 44.7 Å². The highest BCUT2D eigenvalue weighted by molar-refractivity contribution is 6.35. The Balaban J connectivity index is 2.24. The van der Waals surface area contributed by atoms with Gasteiger partial charge in [-0.05, 0) is 56.5 Å². The minimum absolute atomic E-state index is 0.0152. The van der Waals surface area contributed by atoms with Gasteiger partial charge in [0.1, 0.15) is 11.8 Å². The van der Waals surface area contributed by atoms with Gasteiger partial charge in [-0.1, -0.05) is 60.8 Å². The van der Waals surface area contributed by atoms with Crippen LogP contribution in [0.15, 0.2) is 42.5 Å². The summed E-state index contributed by atoms with van der Waals surface area (Å²) >= 11 is 12.4. The van der Waals surface area contributed by atoms with Gasteiger partial charge in [0.25, 0.3) is 5.91 Å². The van der Waals surface area contributed by atoms with E-state index in [1.54, 1.807) is 18.2 Å². The molecule has 0 unspecified atom stereocenters. The van der Waals surface area contributed by atoms with Crippen LogP contribution in [0.3, 0.4) is 0 Å². The number of hydrogen-bond donors (Lipinski definition) is 1. The molecule has 0 saturated heterocycles. The number of halogens is 2. The van der Waals surface area contributed by atoms with Crippen LogP contribution in [0.4, 0.5) is 0 Å². The zero-order valence-electron chi connectivity index (χ0n) is 18.5. The van der Waals surface area contributed by atoms with E-state index in [2.05, 4.69) is 5.32 Å². The first-order valence-electron chi connectivity index (χ1n) is 10.5. The van der Waals surface area contributed by atoms with Crippen LogP contribution in [0.25, 0.3) is 0 Å². The molecule has 2 amide bonds. The Labute approximate surface area is 194 Å². The maximum atomic E-state index is 13.2. The first kappa shape index (κ1) is 25.0. The second kappa shape index (κ2) is 12.0. The molecule has 0 bridgehead atoms. The van der Waals surface area contributed by atoms with Crippen molar-refractivity contribution < 1.29 is 14.3 Å². The van der Waals surface area contributed by atoms with Crippen LogP contribution >= 0.6 is 23.2 Å². The van der Waals surface area contributed by atoms with E-state index in [1.165, 1.54) is 4.90 Å². The van der Waals surface area contributed by atoms with Gasteiger partial charge in [0.05, 0.1) is 0 Å². The van der Waals surface area contributed by atoms with Gasteiger partial charge in [-0.15, -0.1) is 0 Å². The molecule has 0 aromatic heterocycles. The predicted molar refractivity (Wildman–Crippen MR) is 126 cm³/mol. The van der Waals surface area contributed by atoms with Crippen molar-refractivity contribution in [2.24, 2.45) is 0 Å². The third-order valence-electron chi connectivity index (χ3n) is 5.13. The van der Waals surface area contributed by atoms with Crippen LogP contribution < -0.4 is 10.1 Å². The minimum atomic E-state index is -0.644. The molecule has 2 atom stereocenters. The summed E-state index contributed by atoms with van der Waals surface area (Å²) in [6, 6.07) is 11.9.